The summed E-state index contributed by atoms with van der Waals surface area (Å²) in [5.74, 6) is 0.922. The fourth-order valence-corrected chi connectivity index (χ4v) is 3.83. The maximum Gasteiger partial charge on any atom is 0.232 e. The van der Waals surface area contributed by atoms with Crippen LogP contribution in [0.25, 0.3) is 10.8 Å². The Morgan fingerprint density at radius 2 is 1.72 bits per heavy atom. The summed E-state index contributed by atoms with van der Waals surface area (Å²) in [5, 5.41) is 0.895. The summed E-state index contributed by atoms with van der Waals surface area (Å²) >= 11 is 0. The highest BCUT2D eigenvalue weighted by Crippen LogP contribution is 2.37. The van der Waals surface area contributed by atoms with Gasteiger partial charge in [-0.1, -0.05) is 12.1 Å². The number of anilines is 1. The highest BCUT2D eigenvalue weighted by Gasteiger charge is 2.21. The molecule has 9 heteroatoms. The van der Waals surface area contributed by atoms with Crippen molar-refractivity contribution in [2.75, 3.05) is 24.7 Å². The van der Waals surface area contributed by atoms with Gasteiger partial charge in [-0.3, -0.25) is 9.52 Å². The number of hydrogen-bond acceptors (Lipinski definition) is 7. The number of methoxy groups -OCH3 is 2. The normalized spacial score (nSPS) is 11.4. The number of pyridine rings is 1. The molecular formula is C23H26N2O6S. The topological polar surface area (TPSA) is 104 Å². The highest BCUT2D eigenvalue weighted by atomic mass is 32.2. The molecule has 0 saturated heterocycles. The van der Waals surface area contributed by atoms with E-state index < -0.39 is 10.0 Å². The van der Waals surface area contributed by atoms with Gasteiger partial charge in [-0.15, -0.1) is 0 Å². The molecule has 170 valence electrons. The van der Waals surface area contributed by atoms with Gasteiger partial charge >= 0.3 is 0 Å². The summed E-state index contributed by atoms with van der Waals surface area (Å²) in [6.07, 6.45) is 1.30. The van der Waals surface area contributed by atoms with Crippen LogP contribution in [-0.2, 0) is 10.0 Å². The molecule has 0 radical (unpaired) electrons. The molecule has 0 amide bonds. The van der Waals surface area contributed by atoms with E-state index in [1.54, 1.807) is 36.4 Å². The summed E-state index contributed by atoms with van der Waals surface area (Å²) in [6, 6.07) is 10.1. The molecule has 3 aromatic rings. The van der Waals surface area contributed by atoms with Gasteiger partial charge in [-0.05, 0) is 45.0 Å². The van der Waals surface area contributed by atoms with Crippen molar-refractivity contribution in [2.45, 2.75) is 26.9 Å². The molecule has 3 rings (SSSR count). The zero-order chi connectivity index (χ0) is 23.5. The molecule has 1 N–H and O–H groups in total. The molecule has 0 fully saturated rings. The second-order valence-electron chi connectivity index (χ2n) is 7.30. The average molecular weight is 459 g/mol. The Balaban J connectivity index is 2.20. The monoisotopic (exact) mass is 458 g/mol. The van der Waals surface area contributed by atoms with Crippen LogP contribution in [0.15, 0.2) is 42.6 Å². The molecule has 0 bridgehead atoms. The number of hydrogen-bond donors (Lipinski definition) is 1. The first-order chi connectivity index (χ1) is 15.2. The Kier molecular flexibility index (Phi) is 6.88. The zero-order valence-corrected chi connectivity index (χ0v) is 19.4. The third-order valence-corrected chi connectivity index (χ3v) is 6.01. The summed E-state index contributed by atoms with van der Waals surface area (Å²) in [7, 11) is -0.605. The Hall–Kier alpha value is -3.33. The van der Waals surface area contributed by atoms with Gasteiger partial charge in [0.2, 0.25) is 15.8 Å². The van der Waals surface area contributed by atoms with Gasteiger partial charge in [0.15, 0.2) is 11.5 Å². The SMILES string of the molecule is CCS(=O)(=O)Nc1cnc(C(=O)c2cccc(OC(C)C)c2)c2cc(OC)c(OC)cc12. The number of fused-ring (bicyclic) bond motifs is 1. The fourth-order valence-electron chi connectivity index (χ4n) is 3.19. The Morgan fingerprint density at radius 3 is 2.31 bits per heavy atom. The predicted octanol–water partition coefficient (Wildman–Crippen LogP) is 4.03. The van der Waals surface area contributed by atoms with Crippen LogP contribution >= 0.6 is 0 Å². The van der Waals surface area contributed by atoms with E-state index in [-0.39, 0.29) is 29.0 Å². The van der Waals surface area contributed by atoms with Gasteiger partial charge in [0.1, 0.15) is 11.4 Å². The van der Waals surface area contributed by atoms with Crippen LogP contribution in [0.4, 0.5) is 5.69 Å². The Morgan fingerprint density at radius 1 is 1.06 bits per heavy atom. The summed E-state index contributed by atoms with van der Waals surface area (Å²) < 4.78 is 43.3. The smallest absolute Gasteiger partial charge is 0.232 e. The third kappa shape index (κ3) is 4.94. The molecule has 8 nitrogen and oxygen atoms in total. The molecule has 0 aliphatic carbocycles. The van der Waals surface area contributed by atoms with E-state index in [4.69, 9.17) is 14.2 Å². The maximum absolute atomic E-state index is 13.4. The van der Waals surface area contributed by atoms with Crippen LogP contribution in [0.2, 0.25) is 0 Å². The molecule has 0 spiro atoms. The number of ketones is 1. The number of sulfonamides is 1. The van der Waals surface area contributed by atoms with E-state index >= 15 is 0 Å². The molecule has 1 aromatic heterocycles. The Labute approximate surface area is 187 Å². The first-order valence-electron chi connectivity index (χ1n) is 10.1. The van der Waals surface area contributed by atoms with E-state index in [1.807, 2.05) is 13.8 Å². The van der Waals surface area contributed by atoms with Crippen LogP contribution < -0.4 is 18.9 Å². The maximum atomic E-state index is 13.4. The summed E-state index contributed by atoms with van der Waals surface area (Å²) in [5.41, 5.74) is 0.798. The van der Waals surface area contributed by atoms with Crippen LogP contribution in [0.3, 0.4) is 0 Å². The van der Waals surface area contributed by atoms with Gasteiger partial charge in [0.25, 0.3) is 0 Å². The van der Waals surface area contributed by atoms with E-state index in [0.717, 1.165) is 0 Å². The third-order valence-electron chi connectivity index (χ3n) is 4.72. The van der Waals surface area contributed by atoms with Crippen molar-refractivity contribution in [3.8, 4) is 17.2 Å². The second-order valence-corrected chi connectivity index (χ2v) is 9.31. The lowest BCUT2D eigenvalue weighted by atomic mass is 10.0. The van der Waals surface area contributed by atoms with Crippen molar-refractivity contribution < 1.29 is 27.4 Å². The second kappa shape index (κ2) is 9.44. The van der Waals surface area contributed by atoms with Gasteiger partial charge in [-0.25, -0.2) is 13.4 Å². The molecular weight excluding hydrogens is 432 g/mol. The predicted molar refractivity (Wildman–Crippen MR) is 124 cm³/mol. The quantitative estimate of drug-likeness (QED) is 0.483. The minimum absolute atomic E-state index is 0.0399. The largest absolute Gasteiger partial charge is 0.493 e. The number of nitrogens with one attached hydrogen (secondary N) is 1. The van der Waals surface area contributed by atoms with Crippen LogP contribution in [0, 0.1) is 0 Å². The van der Waals surface area contributed by atoms with Crippen molar-refractivity contribution in [3.05, 3.63) is 53.9 Å². The van der Waals surface area contributed by atoms with Crippen molar-refractivity contribution in [3.63, 3.8) is 0 Å². The number of carbonyl (C=O) groups excluding carboxylic acids is 1. The molecule has 0 unspecified atom stereocenters. The average Bonchev–Trinajstić information content (AvgIpc) is 2.77. The molecule has 2 aromatic carbocycles. The number of nitrogens with zero attached hydrogens (tertiary/aromatic N) is 1. The molecule has 0 aliphatic rings. The number of benzene rings is 2. The van der Waals surface area contributed by atoms with Crippen LogP contribution in [-0.4, -0.2) is 45.3 Å². The lowest BCUT2D eigenvalue weighted by molar-refractivity contribution is 0.103. The number of ether oxygens (including phenoxy) is 3. The van der Waals surface area contributed by atoms with Gasteiger partial charge in [0.05, 0.1) is 38.0 Å². The minimum atomic E-state index is -3.57. The van der Waals surface area contributed by atoms with E-state index in [1.165, 1.54) is 27.3 Å². The highest BCUT2D eigenvalue weighted by molar-refractivity contribution is 7.92. The van der Waals surface area contributed by atoms with Gasteiger partial charge in [-0.2, -0.15) is 0 Å². The van der Waals surface area contributed by atoms with Crippen LogP contribution in [0.5, 0.6) is 17.2 Å². The minimum Gasteiger partial charge on any atom is -0.493 e. The lowest BCUT2D eigenvalue weighted by Crippen LogP contribution is -2.16. The van der Waals surface area contributed by atoms with Crippen molar-refractivity contribution >= 4 is 32.3 Å². The number of rotatable bonds is 9. The first kappa shape index (κ1) is 23.3. The molecule has 0 atom stereocenters. The van der Waals surface area contributed by atoms with Crippen molar-refractivity contribution in [1.82, 2.24) is 4.98 Å². The Bertz CT molecular complexity index is 1250. The molecule has 32 heavy (non-hydrogen) atoms. The lowest BCUT2D eigenvalue weighted by Gasteiger charge is -2.15. The van der Waals surface area contributed by atoms with E-state index in [2.05, 4.69) is 9.71 Å². The standard InChI is InChI=1S/C23H26N2O6S/c1-6-32(27,28)25-19-13-24-22(18-12-21(30-5)20(29-4)11-17(18)19)23(26)15-8-7-9-16(10-15)31-14(2)3/h7-14,25H,6H2,1-5H3. The molecule has 0 saturated carbocycles. The van der Waals surface area contributed by atoms with Crippen molar-refractivity contribution in [2.24, 2.45) is 0 Å². The number of aromatic nitrogens is 1. The van der Waals surface area contributed by atoms with E-state index in [9.17, 15) is 13.2 Å². The molecule has 1 heterocycles. The van der Waals surface area contributed by atoms with Gasteiger partial charge < -0.3 is 14.2 Å². The number of carbonyl (C=O) groups is 1. The van der Waals surface area contributed by atoms with Crippen molar-refractivity contribution in [1.29, 1.82) is 0 Å². The zero-order valence-electron chi connectivity index (χ0n) is 18.6. The van der Waals surface area contributed by atoms with E-state index in [0.29, 0.717) is 33.6 Å². The first-order valence-corrected chi connectivity index (χ1v) is 11.7. The summed E-state index contributed by atoms with van der Waals surface area (Å²) in [6.45, 7) is 5.34. The summed E-state index contributed by atoms with van der Waals surface area (Å²) in [4.78, 5) is 17.7. The van der Waals surface area contributed by atoms with Gasteiger partial charge in [0, 0.05) is 16.3 Å². The molecule has 0 aliphatic heterocycles. The van der Waals surface area contributed by atoms with Crippen LogP contribution in [0.1, 0.15) is 36.8 Å². The fraction of sp³-hybridized carbons (Fsp3) is 0.304.